The number of nitrogens with zero attached hydrogens (tertiary/aromatic N) is 2. The maximum absolute atomic E-state index is 12.6. The van der Waals surface area contributed by atoms with Crippen LogP contribution in [0.3, 0.4) is 0 Å². The molecule has 1 aliphatic carbocycles. The van der Waals surface area contributed by atoms with Gasteiger partial charge in [-0.05, 0) is 26.2 Å². The van der Waals surface area contributed by atoms with Crippen LogP contribution < -0.4 is 10.6 Å². The van der Waals surface area contributed by atoms with Gasteiger partial charge in [0, 0.05) is 45.2 Å². The minimum atomic E-state index is 0. The Kier molecular flexibility index (Phi) is 10.6. The molecular formula is C17H33IN4O2. The molecule has 0 bridgehead atoms. The molecule has 1 saturated heterocycles. The fourth-order valence-corrected chi connectivity index (χ4v) is 3.46. The summed E-state index contributed by atoms with van der Waals surface area (Å²) in [5.41, 5.74) is 0. The highest BCUT2D eigenvalue weighted by atomic mass is 127. The van der Waals surface area contributed by atoms with Crippen molar-refractivity contribution in [2.24, 2.45) is 10.9 Å². The van der Waals surface area contributed by atoms with E-state index < -0.39 is 0 Å². The van der Waals surface area contributed by atoms with Gasteiger partial charge in [-0.15, -0.1) is 24.0 Å². The first-order valence-corrected chi connectivity index (χ1v) is 9.08. The summed E-state index contributed by atoms with van der Waals surface area (Å²) in [6.07, 6.45) is 6.86. The molecule has 0 aromatic heterocycles. The Hall–Kier alpha value is -0.570. The number of guanidine groups is 1. The van der Waals surface area contributed by atoms with E-state index in [-0.39, 0.29) is 29.9 Å². The van der Waals surface area contributed by atoms with Gasteiger partial charge in [-0.25, -0.2) is 0 Å². The largest absolute Gasteiger partial charge is 0.380 e. The second-order valence-electron chi connectivity index (χ2n) is 6.45. The predicted molar refractivity (Wildman–Crippen MR) is 108 cm³/mol. The Morgan fingerprint density at radius 2 is 2.00 bits per heavy atom. The lowest BCUT2D eigenvalue weighted by molar-refractivity contribution is -0.135. The van der Waals surface area contributed by atoms with Crippen molar-refractivity contribution in [1.29, 1.82) is 0 Å². The summed E-state index contributed by atoms with van der Waals surface area (Å²) in [5.74, 6) is 1.43. The van der Waals surface area contributed by atoms with Crippen LogP contribution in [0.4, 0.5) is 0 Å². The van der Waals surface area contributed by atoms with Crippen molar-refractivity contribution >= 4 is 35.8 Å². The third kappa shape index (κ3) is 6.74. The lowest BCUT2D eigenvalue weighted by atomic mass is 9.88. The molecule has 24 heavy (non-hydrogen) atoms. The Balaban J connectivity index is 0.00000288. The molecule has 2 rings (SSSR count). The molecule has 2 N–H and O–H groups in total. The molecular weight excluding hydrogens is 419 g/mol. The van der Waals surface area contributed by atoms with Crippen LogP contribution in [0, 0.1) is 5.92 Å². The van der Waals surface area contributed by atoms with E-state index >= 15 is 0 Å². The molecule has 6 nitrogen and oxygen atoms in total. The number of rotatable bonds is 6. The van der Waals surface area contributed by atoms with E-state index in [0.717, 1.165) is 51.5 Å². The predicted octanol–water partition coefficient (Wildman–Crippen LogP) is 1.99. The van der Waals surface area contributed by atoms with Crippen LogP contribution >= 0.6 is 24.0 Å². The van der Waals surface area contributed by atoms with Gasteiger partial charge in [0.1, 0.15) is 0 Å². The smallest absolute Gasteiger partial charge is 0.225 e. The van der Waals surface area contributed by atoms with Crippen molar-refractivity contribution in [2.75, 3.05) is 39.9 Å². The molecule has 0 aromatic rings. The molecule has 0 radical (unpaired) electrons. The zero-order valence-corrected chi connectivity index (χ0v) is 17.4. The molecule has 0 aromatic carbocycles. The molecule has 2 fully saturated rings. The van der Waals surface area contributed by atoms with Gasteiger partial charge in [0.05, 0.1) is 6.61 Å². The maximum atomic E-state index is 12.6. The fraction of sp³-hybridized carbons (Fsp3) is 0.882. The van der Waals surface area contributed by atoms with Crippen LogP contribution in [-0.4, -0.2) is 62.7 Å². The number of likely N-dealkylation sites (tertiary alicyclic amines) is 1. The summed E-state index contributed by atoms with van der Waals surface area (Å²) in [7, 11) is 1.77. The zero-order chi connectivity index (χ0) is 16.5. The summed E-state index contributed by atoms with van der Waals surface area (Å²) in [6.45, 7) is 5.79. The fourth-order valence-electron chi connectivity index (χ4n) is 3.46. The quantitative estimate of drug-likeness (QED) is 0.280. The Morgan fingerprint density at radius 3 is 2.67 bits per heavy atom. The number of halogens is 1. The summed E-state index contributed by atoms with van der Waals surface area (Å²) < 4.78 is 5.32. The van der Waals surface area contributed by atoms with Crippen LogP contribution in [0.15, 0.2) is 4.99 Å². The topological polar surface area (TPSA) is 66.0 Å². The molecule has 1 atom stereocenters. The number of hydrogen-bond donors (Lipinski definition) is 2. The van der Waals surface area contributed by atoms with Gasteiger partial charge >= 0.3 is 0 Å². The molecule has 0 spiro atoms. The normalized spacial score (nSPS) is 22.2. The van der Waals surface area contributed by atoms with Crippen molar-refractivity contribution < 1.29 is 9.53 Å². The van der Waals surface area contributed by atoms with E-state index in [0.29, 0.717) is 18.6 Å². The molecule has 1 heterocycles. The molecule has 1 amide bonds. The van der Waals surface area contributed by atoms with Crippen molar-refractivity contribution in [3.05, 3.63) is 0 Å². The highest BCUT2D eigenvalue weighted by Crippen LogP contribution is 2.26. The van der Waals surface area contributed by atoms with Gasteiger partial charge in [0.2, 0.25) is 5.91 Å². The maximum Gasteiger partial charge on any atom is 0.225 e. The molecule has 1 unspecified atom stereocenters. The first kappa shape index (κ1) is 21.5. The third-order valence-electron chi connectivity index (χ3n) is 4.76. The summed E-state index contributed by atoms with van der Waals surface area (Å²) in [4.78, 5) is 18.9. The lowest BCUT2D eigenvalue weighted by Crippen LogP contribution is -2.46. The minimum Gasteiger partial charge on any atom is -0.380 e. The Morgan fingerprint density at radius 1 is 1.25 bits per heavy atom. The first-order valence-electron chi connectivity index (χ1n) is 9.08. The molecule has 1 aliphatic heterocycles. The monoisotopic (exact) mass is 452 g/mol. The van der Waals surface area contributed by atoms with Crippen molar-refractivity contribution in [1.82, 2.24) is 15.5 Å². The van der Waals surface area contributed by atoms with Gasteiger partial charge in [0.15, 0.2) is 5.96 Å². The highest BCUT2D eigenvalue weighted by molar-refractivity contribution is 14.0. The number of carbonyl (C=O) groups is 1. The minimum absolute atomic E-state index is 0. The summed E-state index contributed by atoms with van der Waals surface area (Å²) in [6, 6.07) is 0.292. The van der Waals surface area contributed by atoms with Crippen molar-refractivity contribution in [2.45, 2.75) is 51.5 Å². The summed E-state index contributed by atoms with van der Waals surface area (Å²) in [5, 5.41) is 6.67. The number of aliphatic imine (C=N–C) groups is 1. The van der Waals surface area contributed by atoms with Crippen LogP contribution in [0.5, 0.6) is 0 Å². The summed E-state index contributed by atoms with van der Waals surface area (Å²) >= 11 is 0. The van der Waals surface area contributed by atoms with E-state index in [1.54, 1.807) is 7.05 Å². The Bertz CT molecular complexity index is 400. The van der Waals surface area contributed by atoms with E-state index in [1.165, 1.54) is 19.3 Å². The number of ether oxygens (including phenoxy) is 1. The van der Waals surface area contributed by atoms with Gasteiger partial charge in [0.25, 0.3) is 0 Å². The molecule has 1 saturated carbocycles. The van der Waals surface area contributed by atoms with Crippen LogP contribution in [0.1, 0.15) is 45.4 Å². The second kappa shape index (κ2) is 11.9. The van der Waals surface area contributed by atoms with E-state index in [2.05, 4.69) is 15.6 Å². The molecule has 140 valence electrons. The first-order chi connectivity index (χ1) is 11.2. The molecule has 7 heteroatoms. The van der Waals surface area contributed by atoms with Crippen LogP contribution in [0.25, 0.3) is 0 Å². The average molecular weight is 452 g/mol. The lowest BCUT2D eigenvalue weighted by Gasteiger charge is -2.26. The van der Waals surface area contributed by atoms with Gasteiger partial charge < -0.3 is 20.3 Å². The number of carbonyl (C=O) groups excluding carboxylic acids is 1. The van der Waals surface area contributed by atoms with Crippen LogP contribution in [-0.2, 0) is 9.53 Å². The third-order valence-corrected chi connectivity index (χ3v) is 4.76. The molecule has 2 aliphatic rings. The number of amides is 1. The highest BCUT2D eigenvalue weighted by Gasteiger charge is 2.31. The zero-order valence-electron chi connectivity index (χ0n) is 15.1. The van der Waals surface area contributed by atoms with E-state index in [1.807, 2.05) is 11.8 Å². The second-order valence-corrected chi connectivity index (χ2v) is 6.45. The Labute approximate surface area is 163 Å². The SMILES string of the molecule is CCOCCNC(=NC)NC1CCN(C(=O)C2CCCCC2)C1.I. The van der Waals surface area contributed by atoms with Gasteiger partial charge in [-0.3, -0.25) is 9.79 Å². The van der Waals surface area contributed by atoms with Gasteiger partial charge in [-0.2, -0.15) is 0 Å². The van der Waals surface area contributed by atoms with Gasteiger partial charge in [-0.1, -0.05) is 19.3 Å². The van der Waals surface area contributed by atoms with Crippen molar-refractivity contribution in [3.8, 4) is 0 Å². The van der Waals surface area contributed by atoms with E-state index in [4.69, 9.17) is 4.74 Å². The number of nitrogens with one attached hydrogen (secondary N) is 2. The van der Waals surface area contributed by atoms with Crippen molar-refractivity contribution in [3.63, 3.8) is 0 Å². The van der Waals surface area contributed by atoms with E-state index in [9.17, 15) is 4.79 Å². The van der Waals surface area contributed by atoms with Crippen LogP contribution in [0.2, 0.25) is 0 Å². The average Bonchev–Trinajstić information content (AvgIpc) is 3.06. The standard InChI is InChI=1S/C17H32N4O2.HI/c1-3-23-12-10-19-17(18-2)20-15-9-11-21(13-15)16(22)14-7-5-4-6-8-14;/h14-15H,3-13H2,1-2H3,(H2,18,19,20);1H. The number of hydrogen-bond acceptors (Lipinski definition) is 3.